The molecule has 0 aliphatic heterocycles. The monoisotopic (exact) mass is 280 g/mol. The van der Waals surface area contributed by atoms with Crippen LogP contribution in [0.3, 0.4) is 0 Å². The Labute approximate surface area is 117 Å². The van der Waals surface area contributed by atoms with E-state index < -0.39 is 0 Å². The van der Waals surface area contributed by atoms with Crippen LogP contribution in [0.2, 0.25) is 0 Å². The van der Waals surface area contributed by atoms with Gasteiger partial charge in [-0.15, -0.1) is 10.2 Å². The lowest BCUT2D eigenvalue weighted by Gasteiger charge is -2.12. The molecule has 3 rings (SSSR count). The van der Waals surface area contributed by atoms with Crippen LogP contribution < -0.4 is 5.32 Å². The molecule has 6 heteroatoms. The number of carbonyl (C=O) groups excluding carboxylic acids is 1. The summed E-state index contributed by atoms with van der Waals surface area (Å²) in [6.07, 6.45) is 4.70. The highest BCUT2D eigenvalue weighted by Crippen LogP contribution is 2.40. The molecule has 0 bridgehead atoms. The Morgan fingerprint density at radius 1 is 1.42 bits per heavy atom. The summed E-state index contributed by atoms with van der Waals surface area (Å²) in [6, 6.07) is 0.418. The molecule has 1 aromatic rings. The van der Waals surface area contributed by atoms with Gasteiger partial charge < -0.3 is 9.88 Å². The molecule has 1 atom stereocenters. The van der Waals surface area contributed by atoms with Crippen LogP contribution in [0.1, 0.15) is 51.3 Å². The lowest BCUT2D eigenvalue weighted by Crippen LogP contribution is -2.32. The molecule has 0 spiro atoms. The number of nitrogens with one attached hydrogen (secondary N) is 1. The molecule has 2 aliphatic carbocycles. The number of carbonyl (C=O) groups is 1. The van der Waals surface area contributed by atoms with E-state index in [-0.39, 0.29) is 11.2 Å². The Balaban J connectivity index is 1.66. The normalized spacial score (nSPS) is 20.3. The maximum Gasteiger partial charge on any atom is 0.233 e. The van der Waals surface area contributed by atoms with Crippen LogP contribution in [-0.4, -0.2) is 32.0 Å². The van der Waals surface area contributed by atoms with Crippen molar-refractivity contribution >= 4 is 17.7 Å². The van der Waals surface area contributed by atoms with Gasteiger partial charge in [-0.2, -0.15) is 0 Å². The fourth-order valence-corrected chi connectivity index (χ4v) is 3.01. The summed E-state index contributed by atoms with van der Waals surface area (Å²) in [5.41, 5.74) is 0. The summed E-state index contributed by atoms with van der Waals surface area (Å²) >= 11 is 1.52. The average molecular weight is 280 g/mol. The summed E-state index contributed by atoms with van der Waals surface area (Å²) in [5, 5.41) is 12.4. The summed E-state index contributed by atoms with van der Waals surface area (Å²) < 4.78 is 2.16. The van der Waals surface area contributed by atoms with E-state index in [1.54, 1.807) is 0 Å². The maximum absolute atomic E-state index is 12.0. The van der Waals surface area contributed by atoms with Gasteiger partial charge in [0.25, 0.3) is 0 Å². The maximum atomic E-state index is 12.0. The zero-order valence-corrected chi connectivity index (χ0v) is 12.2. The van der Waals surface area contributed by atoms with Gasteiger partial charge in [-0.1, -0.05) is 11.8 Å². The third kappa shape index (κ3) is 2.94. The van der Waals surface area contributed by atoms with Crippen molar-refractivity contribution in [3.05, 3.63) is 5.82 Å². The fourth-order valence-electron chi connectivity index (χ4n) is 2.09. The SMILES string of the molecule is CCn1c(SC(C)C(=O)NC2CC2)nnc1C1CC1. The Kier molecular flexibility index (Phi) is 3.52. The topological polar surface area (TPSA) is 59.8 Å². The van der Waals surface area contributed by atoms with Gasteiger partial charge in [0.05, 0.1) is 5.25 Å². The summed E-state index contributed by atoms with van der Waals surface area (Å²) in [6.45, 7) is 4.92. The number of aromatic nitrogens is 3. The molecule has 0 radical (unpaired) electrons. The van der Waals surface area contributed by atoms with E-state index in [2.05, 4.69) is 27.0 Å². The molecule has 1 N–H and O–H groups in total. The first-order valence-corrected chi connectivity index (χ1v) is 7.97. The summed E-state index contributed by atoms with van der Waals surface area (Å²) in [7, 11) is 0. The predicted octanol–water partition coefficient (Wildman–Crippen LogP) is 1.93. The fraction of sp³-hybridized carbons (Fsp3) is 0.769. The first kappa shape index (κ1) is 13.0. The highest BCUT2D eigenvalue weighted by molar-refractivity contribution is 8.00. The van der Waals surface area contributed by atoms with E-state index in [4.69, 9.17) is 0 Å². The lowest BCUT2D eigenvalue weighted by atomic mass is 10.4. The van der Waals surface area contributed by atoms with E-state index >= 15 is 0 Å². The first-order chi connectivity index (χ1) is 9.19. The third-order valence-corrected chi connectivity index (χ3v) is 4.66. The molecule has 0 aromatic carbocycles. The van der Waals surface area contributed by atoms with Crippen molar-refractivity contribution in [3.8, 4) is 0 Å². The van der Waals surface area contributed by atoms with Crippen molar-refractivity contribution in [1.82, 2.24) is 20.1 Å². The Bertz CT molecular complexity index is 479. The highest BCUT2D eigenvalue weighted by Gasteiger charge is 2.31. The Morgan fingerprint density at radius 3 is 2.74 bits per heavy atom. The van der Waals surface area contributed by atoms with Crippen LogP contribution in [-0.2, 0) is 11.3 Å². The number of nitrogens with zero attached hydrogens (tertiary/aromatic N) is 3. The molecule has 2 aliphatic rings. The van der Waals surface area contributed by atoms with Crippen LogP contribution in [0, 0.1) is 0 Å². The van der Waals surface area contributed by atoms with Gasteiger partial charge in [-0.3, -0.25) is 4.79 Å². The zero-order chi connectivity index (χ0) is 13.4. The summed E-state index contributed by atoms with van der Waals surface area (Å²) in [5.74, 6) is 1.81. The highest BCUT2D eigenvalue weighted by atomic mass is 32.2. The number of amides is 1. The summed E-state index contributed by atoms with van der Waals surface area (Å²) in [4.78, 5) is 12.0. The minimum Gasteiger partial charge on any atom is -0.352 e. The molecule has 104 valence electrons. The van der Waals surface area contributed by atoms with Crippen LogP contribution in [0.4, 0.5) is 0 Å². The van der Waals surface area contributed by atoms with Crippen LogP contribution >= 0.6 is 11.8 Å². The Hall–Kier alpha value is -1.04. The molecular formula is C13H20N4OS. The van der Waals surface area contributed by atoms with Gasteiger partial charge in [0, 0.05) is 18.5 Å². The largest absolute Gasteiger partial charge is 0.352 e. The van der Waals surface area contributed by atoms with Crippen molar-refractivity contribution < 1.29 is 4.79 Å². The van der Waals surface area contributed by atoms with E-state index in [0.29, 0.717) is 12.0 Å². The predicted molar refractivity (Wildman–Crippen MR) is 74.2 cm³/mol. The second-order valence-corrected chi connectivity index (χ2v) is 6.71. The standard InChI is InChI=1S/C13H20N4OS/c1-3-17-11(9-4-5-9)15-16-13(17)19-8(2)12(18)14-10-6-7-10/h8-10H,3-7H2,1-2H3,(H,14,18). The second-order valence-electron chi connectivity index (χ2n) is 5.40. The number of hydrogen-bond donors (Lipinski definition) is 1. The molecule has 1 aromatic heterocycles. The molecular weight excluding hydrogens is 260 g/mol. The Morgan fingerprint density at radius 2 is 2.16 bits per heavy atom. The van der Waals surface area contributed by atoms with Crippen molar-refractivity contribution in [2.24, 2.45) is 0 Å². The van der Waals surface area contributed by atoms with Crippen LogP contribution in [0.15, 0.2) is 5.16 Å². The van der Waals surface area contributed by atoms with Gasteiger partial charge in [0.2, 0.25) is 5.91 Å². The molecule has 2 fully saturated rings. The van der Waals surface area contributed by atoms with Gasteiger partial charge in [-0.05, 0) is 39.5 Å². The van der Waals surface area contributed by atoms with Crippen molar-refractivity contribution in [2.75, 3.05) is 0 Å². The molecule has 1 amide bonds. The van der Waals surface area contributed by atoms with Crippen molar-refractivity contribution in [1.29, 1.82) is 0 Å². The zero-order valence-electron chi connectivity index (χ0n) is 11.4. The quantitative estimate of drug-likeness (QED) is 0.809. The van der Waals surface area contributed by atoms with Crippen molar-refractivity contribution in [3.63, 3.8) is 0 Å². The third-order valence-electron chi connectivity index (χ3n) is 3.58. The number of hydrogen-bond acceptors (Lipinski definition) is 4. The minimum absolute atomic E-state index is 0.109. The van der Waals surface area contributed by atoms with Gasteiger partial charge in [0.15, 0.2) is 5.16 Å². The lowest BCUT2D eigenvalue weighted by molar-refractivity contribution is -0.120. The van der Waals surface area contributed by atoms with E-state index in [0.717, 1.165) is 30.4 Å². The van der Waals surface area contributed by atoms with Crippen LogP contribution in [0.25, 0.3) is 0 Å². The van der Waals surface area contributed by atoms with Crippen molar-refractivity contribution in [2.45, 2.75) is 68.4 Å². The second kappa shape index (κ2) is 5.15. The van der Waals surface area contributed by atoms with E-state index in [1.165, 1.54) is 24.6 Å². The van der Waals surface area contributed by atoms with Gasteiger partial charge in [0.1, 0.15) is 5.82 Å². The minimum atomic E-state index is -0.109. The molecule has 1 heterocycles. The molecule has 5 nitrogen and oxygen atoms in total. The average Bonchev–Trinajstić information content (AvgIpc) is 3.30. The molecule has 0 saturated heterocycles. The van der Waals surface area contributed by atoms with E-state index in [1.807, 2.05) is 6.92 Å². The first-order valence-electron chi connectivity index (χ1n) is 7.09. The van der Waals surface area contributed by atoms with Gasteiger partial charge in [-0.25, -0.2) is 0 Å². The molecule has 2 saturated carbocycles. The van der Waals surface area contributed by atoms with Crippen LogP contribution in [0.5, 0.6) is 0 Å². The molecule has 19 heavy (non-hydrogen) atoms. The molecule has 1 unspecified atom stereocenters. The number of thioether (sulfide) groups is 1. The van der Waals surface area contributed by atoms with Gasteiger partial charge >= 0.3 is 0 Å². The number of rotatable bonds is 6. The van der Waals surface area contributed by atoms with E-state index in [9.17, 15) is 4.79 Å². The smallest absolute Gasteiger partial charge is 0.233 e.